The summed E-state index contributed by atoms with van der Waals surface area (Å²) in [5.41, 5.74) is 1.56. The molecule has 0 aliphatic carbocycles. The average Bonchev–Trinajstić information content (AvgIpc) is 3.14. The number of benzene rings is 2. The van der Waals surface area contributed by atoms with Crippen LogP contribution in [-0.4, -0.2) is 60.5 Å². The summed E-state index contributed by atoms with van der Waals surface area (Å²) in [5, 5.41) is 0.949. The molecule has 0 spiro atoms. The van der Waals surface area contributed by atoms with E-state index in [1.54, 1.807) is 15.9 Å². The molecule has 0 bridgehead atoms. The maximum absolute atomic E-state index is 13.0. The minimum atomic E-state index is -0.667. The average molecular weight is 406 g/mol. The van der Waals surface area contributed by atoms with Gasteiger partial charge in [0.25, 0.3) is 11.8 Å². The largest absolute Gasteiger partial charge is 0.485 e. The molecule has 2 aliphatic heterocycles. The number of para-hydroxylation sites is 3. The lowest BCUT2D eigenvalue weighted by Gasteiger charge is -2.36. The van der Waals surface area contributed by atoms with Gasteiger partial charge in [-0.1, -0.05) is 30.3 Å². The molecular formula is C23H22N2O5. The topological polar surface area (TPSA) is 72.2 Å². The highest BCUT2D eigenvalue weighted by molar-refractivity contribution is 5.99. The van der Waals surface area contributed by atoms with Gasteiger partial charge in [-0.15, -0.1) is 0 Å². The van der Waals surface area contributed by atoms with Gasteiger partial charge in [0.1, 0.15) is 12.2 Å². The normalized spacial score (nSPS) is 18.5. The van der Waals surface area contributed by atoms with Crippen molar-refractivity contribution in [1.29, 1.82) is 0 Å². The molecule has 154 valence electrons. The van der Waals surface area contributed by atoms with Crippen LogP contribution in [0.2, 0.25) is 0 Å². The zero-order valence-electron chi connectivity index (χ0n) is 16.7. The van der Waals surface area contributed by atoms with Crippen LogP contribution in [0.3, 0.4) is 0 Å². The Hall–Kier alpha value is -3.48. The summed E-state index contributed by atoms with van der Waals surface area (Å²) in [4.78, 5) is 29.3. The van der Waals surface area contributed by atoms with E-state index in [0.717, 1.165) is 10.9 Å². The lowest BCUT2D eigenvalue weighted by Crippen LogP contribution is -2.55. The van der Waals surface area contributed by atoms with E-state index in [1.807, 2.05) is 49.4 Å². The standard InChI is InChI=1S/C23H22N2O5/c1-15-16-6-2-3-7-17(16)30-21(15)23(27)25-12-10-24(11-13-25)22(26)20-14-28-18-8-4-5-9-19(18)29-20/h2-9,20H,10-14H2,1H3/t20-/m0/s1. The highest BCUT2D eigenvalue weighted by Gasteiger charge is 2.34. The molecule has 5 rings (SSSR count). The number of carbonyl (C=O) groups excluding carboxylic acids is 2. The molecule has 1 fully saturated rings. The van der Waals surface area contributed by atoms with Crippen LogP contribution in [0, 0.1) is 6.92 Å². The second-order valence-electron chi connectivity index (χ2n) is 7.53. The maximum atomic E-state index is 13.0. The van der Waals surface area contributed by atoms with Crippen LogP contribution in [0.4, 0.5) is 0 Å². The number of hydrogen-bond donors (Lipinski definition) is 0. The highest BCUT2D eigenvalue weighted by atomic mass is 16.6. The van der Waals surface area contributed by atoms with Crippen molar-refractivity contribution >= 4 is 22.8 Å². The molecule has 2 amide bonds. The first-order valence-electron chi connectivity index (χ1n) is 10.1. The number of furan rings is 1. The minimum absolute atomic E-state index is 0.114. The summed E-state index contributed by atoms with van der Waals surface area (Å²) < 4.78 is 17.3. The maximum Gasteiger partial charge on any atom is 0.290 e. The summed E-state index contributed by atoms with van der Waals surface area (Å²) in [6.07, 6.45) is -0.667. The molecule has 7 heteroatoms. The van der Waals surface area contributed by atoms with Crippen molar-refractivity contribution in [3.63, 3.8) is 0 Å². The third kappa shape index (κ3) is 3.16. The van der Waals surface area contributed by atoms with Crippen LogP contribution >= 0.6 is 0 Å². The van der Waals surface area contributed by atoms with E-state index in [9.17, 15) is 9.59 Å². The van der Waals surface area contributed by atoms with Crippen molar-refractivity contribution in [2.45, 2.75) is 13.0 Å². The Labute approximate surface area is 173 Å². The molecule has 2 aromatic carbocycles. The third-order valence-corrected chi connectivity index (χ3v) is 5.70. The zero-order valence-corrected chi connectivity index (χ0v) is 16.7. The van der Waals surface area contributed by atoms with Gasteiger partial charge in [-0.3, -0.25) is 9.59 Å². The van der Waals surface area contributed by atoms with Gasteiger partial charge >= 0.3 is 0 Å². The van der Waals surface area contributed by atoms with Crippen molar-refractivity contribution in [2.24, 2.45) is 0 Å². The lowest BCUT2D eigenvalue weighted by molar-refractivity contribution is -0.142. The highest BCUT2D eigenvalue weighted by Crippen LogP contribution is 2.31. The van der Waals surface area contributed by atoms with Crippen molar-refractivity contribution in [1.82, 2.24) is 9.80 Å². The lowest BCUT2D eigenvalue weighted by atomic mass is 10.1. The molecule has 3 aromatic rings. The molecule has 7 nitrogen and oxygen atoms in total. The predicted molar refractivity (Wildman–Crippen MR) is 110 cm³/mol. The molecule has 30 heavy (non-hydrogen) atoms. The number of fused-ring (bicyclic) bond motifs is 2. The Morgan fingerprint density at radius 2 is 1.57 bits per heavy atom. The third-order valence-electron chi connectivity index (χ3n) is 5.70. The van der Waals surface area contributed by atoms with Crippen LogP contribution in [-0.2, 0) is 4.79 Å². The Morgan fingerprint density at radius 3 is 2.33 bits per heavy atom. The van der Waals surface area contributed by atoms with Crippen LogP contribution in [0.1, 0.15) is 16.1 Å². The van der Waals surface area contributed by atoms with Crippen LogP contribution in [0.15, 0.2) is 52.9 Å². The van der Waals surface area contributed by atoms with Crippen molar-refractivity contribution < 1.29 is 23.5 Å². The second-order valence-corrected chi connectivity index (χ2v) is 7.53. The fourth-order valence-electron chi connectivity index (χ4n) is 4.00. The van der Waals surface area contributed by atoms with Gasteiger partial charge in [-0.2, -0.15) is 0 Å². The molecule has 0 unspecified atom stereocenters. The number of ether oxygens (including phenoxy) is 2. The SMILES string of the molecule is Cc1c(C(=O)N2CCN(C(=O)[C@@H]3COc4ccccc4O3)CC2)oc2ccccc12. The van der Waals surface area contributed by atoms with E-state index in [0.29, 0.717) is 49.0 Å². The summed E-state index contributed by atoms with van der Waals surface area (Å²) in [6.45, 7) is 3.89. The molecule has 0 radical (unpaired) electrons. The van der Waals surface area contributed by atoms with Crippen molar-refractivity contribution in [2.75, 3.05) is 32.8 Å². The quantitative estimate of drug-likeness (QED) is 0.654. The number of rotatable bonds is 2. The molecule has 1 aromatic heterocycles. The van der Waals surface area contributed by atoms with Gasteiger partial charge in [0, 0.05) is 37.1 Å². The van der Waals surface area contributed by atoms with E-state index >= 15 is 0 Å². The number of carbonyl (C=O) groups is 2. The van der Waals surface area contributed by atoms with Gasteiger partial charge in [0.05, 0.1) is 0 Å². The van der Waals surface area contributed by atoms with Crippen LogP contribution in [0.25, 0.3) is 11.0 Å². The Balaban J connectivity index is 1.23. The summed E-state index contributed by atoms with van der Waals surface area (Å²) in [6, 6.07) is 15.0. The van der Waals surface area contributed by atoms with Crippen LogP contribution < -0.4 is 9.47 Å². The van der Waals surface area contributed by atoms with Crippen molar-refractivity contribution in [3.8, 4) is 11.5 Å². The Morgan fingerprint density at radius 1 is 0.900 bits per heavy atom. The van der Waals surface area contributed by atoms with E-state index in [-0.39, 0.29) is 18.4 Å². The predicted octanol–water partition coefficient (Wildman–Crippen LogP) is 2.87. The van der Waals surface area contributed by atoms with E-state index in [1.165, 1.54) is 0 Å². The fraction of sp³-hybridized carbons (Fsp3) is 0.304. The van der Waals surface area contributed by atoms with E-state index in [2.05, 4.69) is 0 Å². The van der Waals surface area contributed by atoms with Gasteiger partial charge in [-0.05, 0) is 25.1 Å². The first-order valence-corrected chi connectivity index (χ1v) is 10.1. The van der Waals surface area contributed by atoms with Gasteiger partial charge in [0.15, 0.2) is 17.3 Å². The number of hydrogen-bond acceptors (Lipinski definition) is 5. The molecular weight excluding hydrogens is 384 g/mol. The first kappa shape index (κ1) is 18.5. The molecule has 1 atom stereocenters. The van der Waals surface area contributed by atoms with E-state index in [4.69, 9.17) is 13.9 Å². The smallest absolute Gasteiger partial charge is 0.290 e. The number of nitrogens with zero attached hydrogens (tertiary/aromatic N) is 2. The molecule has 2 aliphatic rings. The summed E-state index contributed by atoms with van der Waals surface area (Å²) in [5.74, 6) is 1.35. The van der Waals surface area contributed by atoms with Crippen molar-refractivity contribution in [3.05, 3.63) is 59.9 Å². The number of piperazine rings is 1. The first-order chi connectivity index (χ1) is 14.6. The zero-order chi connectivity index (χ0) is 20.7. The monoisotopic (exact) mass is 406 g/mol. The molecule has 1 saturated heterocycles. The summed E-state index contributed by atoms with van der Waals surface area (Å²) in [7, 11) is 0. The number of amides is 2. The molecule has 0 N–H and O–H groups in total. The fourth-order valence-corrected chi connectivity index (χ4v) is 4.00. The number of aryl methyl sites for hydroxylation is 1. The Bertz CT molecular complexity index is 1110. The second kappa shape index (κ2) is 7.40. The van der Waals surface area contributed by atoms with Gasteiger partial charge < -0.3 is 23.7 Å². The Kier molecular flexibility index (Phi) is 4.58. The van der Waals surface area contributed by atoms with Gasteiger partial charge in [-0.25, -0.2) is 0 Å². The van der Waals surface area contributed by atoms with Gasteiger partial charge in [0.2, 0.25) is 6.10 Å². The minimum Gasteiger partial charge on any atom is -0.485 e. The summed E-state index contributed by atoms with van der Waals surface area (Å²) >= 11 is 0. The van der Waals surface area contributed by atoms with Crippen LogP contribution in [0.5, 0.6) is 11.5 Å². The van der Waals surface area contributed by atoms with E-state index < -0.39 is 6.10 Å². The molecule has 3 heterocycles. The molecule has 0 saturated carbocycles.